The first-order valence-electron chi connectivity index (χ1n) is 6.72. The number of non-ortho nitro benzene ring substituents is 1. The van der Waals surface area contributed by atoms with Gasteiger partial charge in [0.25, 0.3) is 5.69 Å². The third kappa shape index (κ3) is 3.34. The topological polar surface area (TPSA) is 85.1 Å². The van der Waals surface area contributed by atoms with Crippen LogP contribution in [0.15, 0.2) is 36.4 Å². The highest BCUT2D eigenvalue weighted by Gasteiger charge is 2.15. The van der Waals surface area contributed by atoms with Crippen molar-refractivity contribution in [3.05, 3.63) is 62.9 Å². The van der Waals surface area contributed by atoms with Crippen molar-refractivity contribution in [1.82, 2.24) is 4.98 Å². The molecule has 0 radical (unpaired) electrons. The molecule has 122 valence electrons. The summed E-state index contributed by atoms with van der Waals surface area (Å²) in [6.07, 6.45) is -0.235. The summed E-state index contributed by atoms with van der Waals surface area (Å²) in [4.78, 5) is 26.5. The molecule has 6 nitrogen and oxygen atoms in total. The summed E-state index contributed by atoms with van der Waals surface area (Å²) < 4.78 is 14.3. The van der Waals surface area contributed by atoms with Gasteiger partial charge >= 0.3 is 0 Å². The highest BCUT2D eigenvalue weighted by molar-refractivity contribution is 7.22. The van der Waals surface area contributed by atoms with E-state index in [-0.39, 0.29) is 27.8 Å². The fourth-order valence-electron chi connectivity index (χ4n) is 2.11. The number of nitrogens with zero attached hydrogens (tertiary/aromatic N) is 2. The lowest BCUT2D eigenvalue weighted by molar-refractivity contribution is -0.384. The number of nitro groups is 1. The van der Waals surface area contributed by atoms with Crippen molar-refractivity contribution < 1.29 is 14.1 Å². The predicted octanol–water partition coefficient (Wildman–Crippen LogP) is 4.18. The predicted molar refractivity (Wildman–Crippen MR) is 90.0 cm³/mol. The quantitative estimate of drug-likeness (QED) is 0.555. The molecule has 0 fully saturated rings. The molecular weight excluding hydrogens is 357 g/mol. The normalized spacial score (nSPS) is 10.8. The maximum Gasteiger partial charge on any atom is 0.270 e. The van der Waals surface area contributed by atoms with Crippen molar-refractivity contribution in [2.24, 2.45) is 0 Å². The van der Waals surface area contributed by atoms with Crippen LogP contribution in [0, 0.1) is 15.9 Å². The number of benzene rings is 2. The Kier molecular flexibility index (Phi) is 4.41. The summed E-state index contributed by atoms with van der Waals surface area (Å²) in [5.74, 6) is -1.03. The number of anilines is 1. The number of nitrogens with one attached hydrogen (secondary N) is 1. The molecule has 3 aromatic rings. The number of carbonyl (C=O) groups excluding carboxylic acids is 1. The first-order valence-corrected chi connectivity index (χ1v) is 7.91. The Hall–Kier alpha value is -2.58. The van der Waals surface area contributed by atoms with Gasteiger partial charge in [-0.1, -0.05) is 29.0 Å². The van der Waals surface area contributed by atoms with Gasteiger partial charge in [0.15, 0.2) is 5.13 Å². The maximum absolute atomic E-state index is 13.7. The van der Waals surface area contributed by atoms with Crippen LogP contribution in [0.4, 0.5) is 15.2 Å². The van der Waals surface area contributed by atoms with E-state index in [1.807, 2.05) is 0 Å². The number of amides is 1. The minimum atomic E-state index is -0.558. The number of nitro benzene ring substituents is 1. The number of hydrogen-bond acceptors (Lipinski definition) is 5. The number of aromatic nitrogens is 1. The van der Waals surface area contributed by atoms with Gasteiger partial charge in [-0.25, -0.2) is 9.37 Å². The van der Waals surface area contributed by atoms with Crippen molar-refractivity contribution in [2.75, 3.05) is 5.32 Å². The van der Waals surface area contributed by atoms with Crippen molar-refractivity contribution >= 4 is 49.9 Å². The Morgan fingerprint density at radius 3 is 2.88 bits per heavy atom. The van der Waals surface area contributed by atoms with Gasteiger partial charge in [0.1, 0.15) is 5.82 Å². The van der Waals surface area contributed by atoms with E-state index in [0.717, 1.165) is 11.3 Å². The SMILES string of the molecule is O=C(Cc1c(F)cccc1Cl)Nc1nc2ccc([N+](=O)[O-])cc2s1. The molecule has 1 heterocycles. The monoisotopic (exact) mass is 365 g/mol. The average molecular weight is 366 g/mol. The van der Waals surface area contributed by atoms with E-state index >= 15 is 0 Å². The van der Waals surface area contributed by atoms with Crippen LogP contribution in [0.25, 0.3) is 10.2 Å². The molecule has 9 heteroatoms. The summed E-state index contributed by atoms with van der Waals surface area (Å²) in [5.41, 5.74) is 0.584. The molecule has 1 N–H and O–H groups in total. The van der Waals surface area contributed by atoms with Crippen LogP contribution in [0.1, 0.15) is 5.56 Å². The Morgan fingerprint density at radius 1 is 1.38 bits per heavy atom. The largest absolute Gasteiger partial charge is 0.302 e. The minimum Gasteiger partial charge on any atom is -0.302 e. The van der Waals surface area contributed by atoms with Crippen molar-refractivity contribution in [2.45, 2.75) is 6.42 Å². The molecule has 2 aromatic carbocycles. The van der Waals surface area contributed by atoms with Gasteiger partial charge in [-0.05, 0) is 18.2 Å². The minimum absolute atomic E-state index is 0.0536. The highest BCUT2D eigenvalue weighted by Crippen LogP contribution is 2.29. The van der Waals surface area contributed by atoms with Gasteiger partial charge in [0.2, 0.25) is 5.91 Å². The molecular formula is C15H9ClFN3O3S. The Labute approximate surface area is 144 Å². The van der Waals surface area contributed by atoms with E-state index in [9.17, 15) is 19.3 Å². The zero-order valence-corrected chi connectivity index (χ0v) is 13.5. The zero-order chi connectivity index (χ0) is 17.3. The number of fused-ring (bicyclic) bond motifs is 1. The highest BCUT2D eigenvalue weighted by atomic mass is 35.5. The van der Waals surface area contributed by atoms with Gasteiger partial charge in [-0.2, -0.15) is 0 Å². The third-order valence-corrected chi connectivity index (χ3v) is 4.52. The standard InChI is InChI=1S/C15H9ClFN3O3S/c16-10-2-1-3-11(17)9(10)7-14(21)19-15-18-12-5-4-8(20(22)23)6-13(12)24-15/h1-6H,7H2,(H,18,19,21). The Morgan fingerprint density at radius 2 is 2.17 bits per heavy atom. The second-order valence-electron chi connectivity index (χ2n) is 4.85. The molecule has 0 atom stereocenters. The van der Waals surface area contributed by atoms with Crippen LogP contribution in [-0.2, 0) is 11.2 Å². The first kappa shape index (κ1) is 16.3. The second-order valence-corrected chi connectivity index (χ2v) is 6.29. The van der Waals surface area contributed by atoms with E-state index < -0.39 is 16.6 Å². The second kappa shape index (κ2) is 6.50. The molecule has 24 heavy (non-hydrogen) atoms. The third-order valence-electron chi connectivity index (χ3n) is 3.23. The molecule has 0 saturated carbocycles. The molecule has 0 aliphatic carbocycles. The summed E-state index contributed by atoms with van der Waals surface area (Å²) in [5, 5.41) is 13.8. The van der Waals surface area contributed by atoms with Gasteiger partial charge in [-0.15, -0.1) is 0 Å². The summed E-state index contributed by atoms with van der Waals surface area (Å²) >= 11 is 6.99. The van der Waals surface area contributed by atoms with Crippen molar-refractivity contribution in [3.63, 3.8) is 0 Å². The summed E-state index contributed by atoms with van der Waals surface area (Å²) in [6, 6.07) is 8.42. The van der Waals surface area contributed by atoms with Gasteiger partial charge in [0, 0.05) is 22.7 Å². The van der Waals surface area contributed by atoms with Crippen LogP contribution in [0.2, 0.25) is 5.02 Å². The van der Waals surface area contributed by atoms with E-state index in [4.69, 9.17) is 11.6 Å². The molecule has 0 unspecified atom stereocenters. The number of rotatable bonds is 4. The van der Waals surface area contributed by atoms with Gasteiger partial charge in [0.05, 0.1) is 21.6 Å². The molecule has 0 saturated heterocycles. The van der Waals surface area contributed by atoms with Crippen molar-refractivity contribution in [1.29, 1.82) is 0 Å². The van der Waals surface area contributed by atoms with Crippen LogP contribution in [0.3, 0.4) is 0 Å². The van der Waals surface area contributed by atoms with E-state index in [1.54, 1.807) is 0 Å². The molecule has 3 rings (SSSR count). The number of halogens is 2. The molecule has 1 aromatic heterocycles. The molecule has 0 bridgehead atoms. The molecule has 0 aliphatic rings. The Bertz CT molecular complexity index is 940. The lowest BCUT2D eigenvalue weighted by Gasteiger charge is -2.05. The van der Waals surface area contributed by atoms with Crippen LogP contribution in [0.5, 0.6) is 0 Å². The maximum atomic E-state index is 13.7. The zero-order valence-electron chi connectivity index (χ0n) is 12.0. The number of carbonyl (C=O) groups is 1. The van der Waals surface area contributed by atoms with E-state index in [1.165, 1.54) is 36.4 Å². The molecule has 0 spiro atoms. The number of hydrogen-bond donors (Lipinski definition) is 1. The number of thiazole rings is 1. The van der Waals surface area contributed by atoms with Crippen LogP contribution >= 0.6 is 22.9 Å². The van der Waals surface area contributed by atoms with Gasteiger partial charge in [-0.3, -0.25) is 14.9 Å². The van der Waals surface area contributed by atoms with Gasteiger partial charge < -0.3 is 5.32 Å². The Balaban J connectivity index is 1.79. The lowest BCUT2D eigenvalue weighted by atomic mass is 10.1. The fraction of sp³-hybridized carbons (Fsp3) is 0.0667. The van der Waals surface area contributed by atoms with E-state index in [0.29, 0.717) is 10.2 Å². The van der Waals surface area contributed by atoms with Crippen LogP contribution < -0.4 is 5.32 Å². The smallest absolute Gasteiger partial charge is 0.270 e. The molecule has 0 aliphatic heterocycles. The van der Waals surface area contributed by atoms with Crippen LogP contribution in [-0.4, -0.2) is 15.8 Å². The fourth-order valence-corrected chi connectivity index (χ4v) is 3.25. The first-order chi connectivity index (χ1) is 11.4. The summed E-state index contributed by atoms with van der Waals surface area (Å²) in [6.45, 7) is 0. The lowest BCUT2D eigenvalue weighted by Crippen LogP contribution is -2.15. The van der Waals surface area contributed by atoms with E-state index in [2.05, 4.69) is 10.3 Å². The average Bonchev–Trinajstić information content (AvgIpc) is 2.92. The van der Waals surface area contributed by atoms with Crippen molar-refractivity contribution in [3.8, 4) is 0 Å². The molecule has 1 amide bonds. The summed E-state index contributed by atoms with van der Waals surface area (Å²) in [7, 11) is 0.